The number of benzene rings is 1. The van der Waals surface area contributed by atoms with Gasteiger partial charge in [0.25, 0.3) is 10.2 Å². The van der Waals surface area contributed by atoms with Crippen LogP contribution >= 0.6 is 0 Å². The molecule has 1 saturated heterocycles. The summed E-state index contributed by atoms with van der Waals surface area (Å²) in [6, 6.07) is 6.13. The highest BCUT2D eigenvalue weighted by Gasteiger charge is 2.32. The van der Waals surface area contributed by atoms with Crippen LogP contribution in [0.2, 0.25) is 0 Å². The summed E-state index contributed by atoms with van der Waals surface area (Å²) in [5.74, 6) is 0. The van der Waals surface area contributed by atoms with Gasteiger partial charge in [-0.2, -0.15) is 22.5 Å². The molecule has 4 rings (SSSR count). The maximum absolute atomic E-state index is 12.7. The molecule has 1 N–H and O–H groups in total. The van der Waals surface area contributed by atoms with Gasteiger partial charge in [-0.3, -0.25) is 0 Å². The van der Waals surface area contributed by atoms with Gasteiger partial charge in [0, 0.05) is 24.3 Å². The molecule has 6 nitrogen and oxygen atoms in total. The van der Waals surface area contributed by atoms with Crippen LogP contribution in [0.3, 0.4) is 0 Å². The summed E-state index contributed by atoms with van der Waals surface area (Å²) in [6.45, 7) is 5.44. The third-order valence-electron chi connectivity index (χ3n) is 5.61. The summed E-state index contributed by atoms with van der Waals surface area (Å²) in [5.41, 5.74) is 5.66. The van der Waals surface area contributed by atoms with Crippen molar-refractivity contribution in [2.75, 3.05) is 13.1 Å². The normalized spacial score (nSPS) is 21.1. The predicted octanol–water partition coefficient (Wildman–Crippen LogP) is 2.80. The Balaban J connectivity index is 1.63. The van der Waals surface area contributed by atoms with Crippen LogP contribution in [-0.2, 0) is 16.6 Å². The van der Waals surface area contributed by atoms with Gasteiger partial charge in [-0.15, -0.1) is 0 Å². The molecule has 0 spiro atoms. The van der Waals surface area contributed by atoms with Crippen LogP contribution in [0.15, 0.2) is 24.4 Å². The standard InChI is InChI=1S/C19H26N4O2S/c1-14-8-9-16(12-15(14)2)23-19-7-5-6-18(17(19)13-20-23)21-26(24,25)22-10-3-4-11-22/h8-9,12-13,18,21H,3-7,10-11H2,1-2H3. The Hall–Kier alpha value is -1.70. The topological polar surface area (TPSA) is 67.2 Å². The van der Waals surface area contributed by atoms with E-state index in [-0.39, 0.29) is 6.04 Å². The molecule has 0 amide bonds. The fraction of sp³-hybridized carbons (Fsp3) is 0.526. The van der Waals surface area contributed by atoms with Gasteiger partial charge in [-0.05, 0) is 69.2 Å². The van der Waals surface area contributed by atoms with E-state index < -0.39 is 10.2 Å². The Labute approximate surface area is 155 Å². The van der Waals surface area contributed by atoms with Gasteiger partial charge >= 0.3 is 0 Å². The summed E-state index contributed by atoms with van der Waals surface area (Å²) in [7, 11) is -3.42. The minimum atomic E-state index is -3.42. The molecule has 140 valence electrons. The molecule has 2 heterocycles. The van der Waals surface area contributed by atoms with Crippen molar-refractivity contribution in [1.82, 2.24) is 18.8 Å². The first-order valence-corrected chi connectivity index (χ1v) is 10.8. The number of hydrogen-bond acceptors (Lipinski definition) is 3. The van der Waals surface area contributed by atoms with Crippen LogP contribution in [-0.4, -0.2) is 35.6 Å². The average molecular weight is 375 g/mol. The first kappa shape index (κ1) is 17.7. The number of nitrogens with zero attached hydrogens (tertiary/aromatic N) is 3. The minimum Gasteiger partial charge on any atom is -0.237 e. The van der Waals surface area contributed by atoms with Crippen molar-refractivity contribution in [3.05, 3.63) is 46.8 Å². The zero-order valence-corrected chi connectivity index (χ0v) is 16.2. The van der Waals surface area contributed by atoms with Gasteiger partial charge < -0.3 is 0 Å². The summed E-state index contributed by atoms with van der Waals surface area (Å²) in [6.07, 6.45) is 6.42. The number of rotatable bonds is 4. The number of hydrogen-bond donors (Lipinski definition) is 1. The van der Waals surface area contributed by atoms with Crippen molar-refractivity contribution in [2.45, 2.75) is 52.0 Å². The average Bonchev–Trinajstić information content (AvgIpc) is 3.27. The van der Waals surface area contributed by atoms with Crippen molar-refractivity contribution < 1.29 is 8.42 Å². The van der Waals surface area contributed by atoms with E-state index in [1.54, 1.807) is 4.31 Å². The predicted molar refractivity (Wildman–Crippen MR) is 102 cm³/mol. The second-order valence-electron chi connectivity index (χ2n) is 7.40. The lowest BCUT2D eigenvalue weighted by atomic mass is 9.93. The Kier molecular flexibility index (Phi) is 4.62. The summed E-state index contributed by atoms with van der Waals surface area (Å²) in [5, 5.41) is 4.58. The van der Waals surface area contributed by atoms with Gasteiger partial charge in [0.2, 0.25) is 0 Å². The van der Waals surface area contributed by atoms with Crippen LogP contribution in [0.5, 0.6) is 0 Å². The van der Waals surface area contributed by atoms with Crippen LogP contribution < -0.4 is 4.72 Å². The fourth-order valence-electron chi connectivity index (χ4n) is 3.94. The quantitative estimate of drug-likeness (QED) is 0.895. The van der Waals surface area contributed by atoms with E-state index in [4.69, 9.17) is 0 Å². The molecule has 1 aliphatic carbocycles. The minimum absolute atomic E-state index is 0.190. The molecule has 1 atom stereocenters. The van der Waals surface area contributed by atoms with E-state index in [1.165, 1.54) is 11.1 Å². The smallest absolute Gasteiger partial charge is 0.237 e. The molecule has 0 bridgehead atoms. The Morgan fingerprint density at radius 2 is 1.88 bits per heavy atom. The lowest BCUT2D eigenvalue weighted by Crippen LogP contribution is -2.41. The molecule has 26 heavy (non-hydrogen) atoms. The molecule has 1 unspecified atom stereocenters. The lowest BCUT2D eigenvalue weighted by molar-refractivity contribution is 0.438. The van der Waals surface area contributed by atoms with Crippen molar-refractivity contribution in [2.24, 2.45) is 0 Å². The van der Waals surface area contributed by atoms with Gasteiger partial charge in [-0.25, -0.2) is 4.68 Å². The molecule has 1 aromatic heterocycles. The Morgan fingerprint density at radius 3 is 2.62 bits per heavy atom. The van der Waals surface area contributed by atoms with E-state index in [0.29, 0.717) is 13.1 Å². The Morgan fingerprint density at radius 1 is 1.12 bits per heavy atom. The molecule has 7 heteroatoms. The third kappa shape index (κ3) is 3.19. The van der Waals surface area contributed by atoms with E-state index >= 15 is 0 Å². The Bertz CT molecular complexity index is 914. The maximum atomic E-state index is 12.7. The van der Waals surface area contributed by atoms with Crippen molar-refractivity contribution >= 4 is 10.2 Å². The molecule has 0 saturated carbocycles. The molecule has 1 fully saturated rings. The number of nitrogens with one attached hydrogen (secondary N) is 1. The van der Waals surface area contributed by atoms with Crippen molar-refractivity contribution in [3.63, 3.8) is 0 Å². The van der Waals surface area contributed by atoms with Crippen LogP contribution in [0.4, 0.5) is 0 Å². The highest BCUT2D eigenvalue weighted by Crippen LogP contribution is 2.32. The van der Waals surface area contributed by atoms with Crippen LogP contribution in [0.25, 0.3) is 5.69 Å². The molecule has 1 aliphatic heterocycles. The zero-order valence-electron chi connectivity index (χ0n) is 15.4. The number of aromatic nitrogens is 2. The highest BCUT2D eigenvalue weighted by atomic mass is 32.2. The van der Waals surface area contributed by atoms with Gasteiger partial charge in [0.05, 0.1) is 17.9 Å². The largest absolute Gasteiger partial charge is 0.280 e. The van der Waals surface area contributed by atoms with E-state index in [0.717, 1.165) is 49.0 Å². The second-order valence-corrected chi connectivity index (χ2v) is 9.10. The summed E-state index contributed by atoms with van der Waals surface area (Å²) >= 11 is 0. The SMILES string of the molecule is Cc1ccc(-n2ncc3c2CCCC3NS(=O)(=O)N2CCCC2)cc1C. The summed E-state index contributed by atoms with van der Waals surface area (Å²) < 4.78 is 31.8. The van der Waals surface area contributed by atoms with Gasteiger partial charge in [0.1, 0.15) is 0 Å². The molecule has 0 radical (unpaired) electrons. The third-order valence-corrected chi connectivity index (χ3v) is 7.24. The first-order chi connectivity index (χ1) is 12.5. The zero-order chi connectivity index (χ0) is 18.3. The molecule has 2 aromatic rings. The molecular weight excluding hydrogens is 348 g/mol. The molecular formula is C19H26N4O2S. The second kappa shape index (κ2) is 6.79. The van der Waals surface area contributed by atoms with Gasteiger partial charge in [0.15, 0.2) is 0 Å². The summed E-state index contributed by atoms with van der Waals surface area (Å²) in [4.78, 5) is 0. The number of aryl methyl sites for hydroxylation is 2. The molecule has 1 aromatic carbocycles. The monoisotopic (exact) mass is 374 g/mol. The fourth-order valence-corrected chi connectivity index (χ4v) is 5.43. The van der Waals surface area contributed by atoms with Gasteiger partial charge in [-0.1, -0.05) is 6.07 Å². The van der Waals surface area contributed by atoms with Crippen LogP contribution in [0.1, 0.15) is 54.1 Å². The van der Waals surface area contributed by atoms with Crippen molar-refractivity contribution in [3.8, 4) is 5.69 Å². The molecule has 2 aliphatic rings. The van der Waals surface area contributed by atoms with E-state index in [1.807, 2.05) is 10.9 Å². The van der Waals surface area contributed by atoms with E-state index in [9.17, 15) is 8.42 Å². The first-order valence-electron chi connectivity index (χ1n) is 9.37. The number of fused-ring (bicyclic) bond motifs is 1. The lowest BCUT2D eigenvalue weighted by Gasteiger charge is -2.26. The van der Waals surface area contributed by atoms with E-state index in [2.05, 4.69) is 41.9 Å². The van der Waals surface area contributed by atoms with Crippen LogP contribution in [0, 0.1) is 13.8 Å². The highest BCUT2D eigenvalue weighted by molar-refractivity contribution is 7.87. The maximum Gasteiger partial charge on any atom is 0.280 e. The van der Waals surface area contributed by atoms with Crippen molar-refractivity contribution in [1.29, 1.82) is 0 Å².